The van der Waals surface area contributed by atoms with E-state index in [-0.39, 0.29) is 16.9 Å². The number of ketones is 1. The van der Waals surface area contributed by atoms with Crippen LogP contribution in [0.3, 0.4) is 0 Å². The summed E-state index contributed by atoms with van der Waals surface area (Å²) in [6, 6.07) is 14.6. The second-order valence-electron chi connectivity index (χ2n) is 13.2. The second-order valence-corrected chi connectivity index (χ2v) is 14.1. The molecular formula is C38H34BrF6NO2. The fourth-order valence-electron chi connectivity index (χ4n) is 6.41. The first-order chi connectivity index (χ1) is 22.2. The molecule has 0 unspecified atom stereocenters. The van der Waals surface area contributed by atoms with Gasteiger partial charge in [0.25, 0.3) is 0 Å². The maximum atomic E-state index is 13.8. The third-order valence-corrected chi connectivity index (χ3v) is 10.2. The maximum Gasteiger partial charge on any atom is 0.416 e. The lowest BCUT2D eigenvalue weighted by atomic mass is 9.74. The first kappa shape index (κ1) is 35.3. The van der Waals surface area contributed by atoms with Crippen LogP contribution in [0.4, 0.5) is 32.0 Å². The number of hydrogen-bond acceptors (Lipinski definition) is 3. The Labute approximate surface area is 284 Å². The third kappa shape index (κ3) is 6.27. The number of allylic oxidation sites excluding steroid dienone is 6. The van der Waals surface area contributed by atoms with Crippen molar-refractivity contribution in [1.82, 2.24) is 0 Å². The molecule has 3 nitrogen and oxygen atoms in total. The topological polar surface area (TPSA) is 40.5 Å². The number of Topliss-reactive ketones (excluding diaryl/α,β-unsaturated/α-hetero) is 1. The Kier molecular flexibility index (Phi) is 8.91. The molecule has 0 fully saturated rings. The van der Waals surface area contributed by atoms with Gasteiger partial charge in [0.1, 0.15) is 5.76 Å². The van der Waals surface area contributed by atoms with E-state index >= 15 is 0 Å². The summed E-state index contributed by atoms with van der Waals surface area (Å²) in [5.41, 5.74) is 0.658. The van der Waals surface area contributed by atoms with Crippen LogP contribution in [0.1, 0.15) is 61.1 Å². The zero-order valence-electron chi connectivity index (χ0n) is 27.0. The molecule has 1 aliphatic heterocycles. The van der Waals surface area contributed by atoms with Crippen molar-refractivity contribution in [2.45, 2.75) is 64.2 Å². The van der Waals surface area contributed by atoms with Crippen molar-refractivity contribution in [3.63, 3.8) is 0 Å². The Morgan fingerprint density at radius 1 is 0.958 bits per heavy atom. The average Bonchev–Trinajstić information content (AvgIpc) is 3.21. The zero-order chi connectivity index (χ0) is 35.6. The largest absolute Gasteiger partial charge is 0.506 e. The van der Waals surface area contributed by atoms with Gasteiger partial charge in [0, 0.05) is 33.2 Å². The minimum absolute atomic E-state index is 0.00284. The molecule has 0 spiro atoms. The van der Waals surface area contributed by atoms with Gasteiger partial charge in [-0.05, 0) is 83.7 Å². The number of halogens is 7. The van der Waals surface area contributed by atoms with Crippen LogP contribution in [-0.4, -0.2) is 17.4 Å². The Morgan fingerprint density at radius 3 is 2.15 bits per heavy atom. The zero-order valence-corrected chi connectivity index (χ0v) is 28.6. The molecule has 5 rings (SSSR count). The van der Waals surface area contributed by atoms with Crippen LogP contribution in [-0.2, 0) is 34.4 Å². The van der Waals surface area contributed by atoms with Crippen molar-refractivity contribution in [2.75, 3.05) is 11.4 Å². The molecule has 0 bridgehead atoms. The van der Waals surface area contributed by atoms with Gasteiger partial charge in [-0.3, -0.25) is 4.79 Å². The Balaban J connectivity index is 1.52. The second kappa shape index (κ2) is 12.1. The molecule has 0 radical (unpaired) electrons. The van der Waals surface area contributed by atoms with Gasteiger partial charge in [-0.1, -0.05) is 80.5 Å². The van der Waals surface area contributed by atoms with Crippen LogP contribution in [0.5, 0.6) is 0 Å². The summed E-state index contributed by atoms with van der Waals surface area (Å²) >= 11 is 3.53. The van der Waals surface area contributed by atoms with E-state index in [0.29, 0.717) is 46.6 Å². The summed E-state index contributed by atoms with van der Waals surface area (Å²) in [4.78, 5) is 15.3. The van der Waals surface area contributed by atoms with Crippen LogP contribution in [0.15, 0.2) is 112 Å². The molecule has 0 atom stereocenters. The molecular weight excluding hydrogens is 696 g/mol. The molecule has 0 saturated carbocycles. The first-order valence-electron chi connectivity index (χ1n) is 15.2. The smallest absolute Gasteiger partial charge is 0.416 e. The summed E-state index contributed by atoms with van der Waals surface area (Å²) in [7, 11) is 0. The first-order valence-corrected chi connectivity index (χ1v) is 16.0. The van der Waals surface area contributed by atoms with E-state index in [1.807, 2.05) is 38.1 Å². The van der Waals surface area contributed by atoms with Crippen molar-refractivity contribution < 1.29 is 36.2 Å². The highest BCUT2D eigenvalue weighted by Gasteiger charge is 2.44. The van der Waals surface area contributed by atoms with Gasteiger partial charge in [-0.15, -0.1) is 0 Å². The molecule has 0 saturated heterocycles. The molecule has 0 amide bonds. The minimum atomic E-state index is -4.56. The van der Waals surface area contributed by atoms with Crippen molar-refractivity contribution in [2.24, 2.45) is 0 Å². The molecule has 1 N–H and O–H groups in total. The average molecular weight is 731 g/mol. The fourth-order valence-corrected chi connectivity index (χ4v) is 6.90. The number of aliphatic hydroxyl groups is 1. The normalized spacial score (nSPS) is 18.1. The molecule has 3 aromatic rings. The highest BCUT2D eigenvalue weighted by molar-refractivity contribution is 9.10. The lowest BCUT2D eigenvalue weighted by Gasteiger charge is -2.31. The Hall–Kier alpha value is -4.05. The van der Waals surface area contributed by atoms with Gasteiger partial charge in [-0.25, -0.2) is 0 Å². The standard InChI is InChI=1S/C38H34BrF6NO2/c1-21-17-24(37(40,41)42)11-13-28(21)35(3,4)22(2)18-26-33(47)27(34(26)48)20-32-36(5,6)29-14-12-25(38(43,44)45)19-31(29)46(32)16-15-23-9-7-8-10-30(23)39/h7-14,17-20,47H,2,15-16H2,1,3-6H3/b26-18-,32-20-. The van der Waals surface area contributed by atoms with E-state index in [1.54, 1.807) is 25.7 Å². The number of nitrogens with zero attached hydrogens (tertiary/aromatic N) is 1. The van der Waals surface area contributed by atoms with Crippen molar-refractivity contribution >= 4 is 27.4 Å². The number of benzene rings is 3. The number of aryl methyl sites for hydroxylation is 1. The van der Waals surface area contributed by atoms with Crippen molar-refractivity contribution in [3.05, 3.63) is 145 Å². The molecule has 1 aliphatic carbocycles. The van der Waals surface area contributed by atoms with Crippen LogP contribution in [0.25, 0.3) is 0 Å². The SMILES string of the molecule is C=C(/C=C1\C(=O)C(/C=C2\N(CCc3ccccc3Br)c3cc(C(F)(F)F)ccc3C2(C)C)=C1O)C(C)(C)c1ccc(C(F)(F)F)cc1C. The summed E-state index contributed by atoms with van der Waals surface area (Å²) in [5, 5.41) is 11.1. The van der Waals surface area contributed by atoms with Gasteiger partial charge < -0.3 is 10.0 Å². The Morgan fingerprint density at radius 2 is 1.56 bits per heavy atom. The lowest BCUT2D eigenvalue weighted by molar-refractivity contribution is -0.138. The number of alkyl halides is 6. The molecule has 3 aromatic carbocycles. The van der Waals surface area contributed by atoms with Gasteiger partial charge in [0.05, 0.1) is 22.3 Å². The van der Waals surface area contributed by atoms with Crippen molar-refractivity contribution in [1.29, 1.82) is 0 Å². The molecule has 0 aromatic heterocycles. The highest BCUT2D eigenvalue weighted by atomic mass is 79.9. The number of hydrogen-bond donors (Lipinski definition) is 1. The number of carbonyl (C=O) groups is 1. The predicted octanol–water partition coefficient (Wildman–Crippen LogP) is 10.9. The van der Waals surface area contributed by atoms with Crippen molar-refractivity contribution in [3.8, 4) is 0 Å². The van der Waals surface area contributed by atoms with E-state index in [1.165, 1.54) is 24.3 Å². The molecule has 48 heavy (non-hydrogen) atoms. The van der Waals surface area contributed by atoms with Crippen LogP contribution >= 0.6 is 15.9 Å². The Bertz CT molecular complexity index is 1930. The summed E-state index contributed by atoms with van der Waals surface area (Å²) in [5.74, 6) is -0.767. The minimum Gasteiger partial charge on any atom is -0.506 e. The molecule has 10 heteroatoms. The van der Waals surface area contributed by atoms with Gasteiger partial charge >= 0.3 is 12.4 Å². The maximum absolute atomic E-state index is 13.8. The third-order valence-electron chi connectivity index (χ3n) is 9.41. The number of carbonyl (C=O) groups excluding carboxylic acids is 1. The number of aliphatic hydroxyl groups excluding tert-OH is 1. The molecule has 2 aliphatic rings. The van der Waals surface area contributed by atoms with Gasteiger partial charge in [-0.2, -0.15) is 26.3 Å². The van der Waals surface area contributed by atoms with E-state index in [9.17, 15) is 36.2 Å². The fraction of sp³-hybridized carbons (Fsp3) is 0.289. The quantitative estimate of drug-likeness (QED) is 0.194. The van der Waals surface area contributed by atoms with E-state index in [0.717, 1.165) is 34.3 Å². The molecule has 252 valence electrons. The number of anilines is 1. The van der Waals surface area contributed by atoms with Gasteiger partial charge in [0.2, 0.25) is 5.78 Å². The van der Waals surface area contributed by atoms with E-state index in [2.05, 4.69) is 22.5 Å². The van der Waals surface area contributed by atoms with Crippen LogP contribution in [0.2, 0.25) is 0 Å². The molecule has 1 heterocycles. The lowest BCUT2D eigenvalue weighted by Crippen LogP contribution is -2.30. The monoisotopic (exact) mass is 729 g/mol. The highest BCUT2D eigenvalue weighted by Crippen LogP contribution is 2.51. The van der Waals surface area contributed by atoms with Gasteiger partial charge in [0.15, 0.2) is 0 Å². The summed E-state index contributed by atoms with van der Waals surface area (Å²) in [6.07, 6.45) is -5.59. The summed E-state index contributed by atoms with van der Waals surface area (Å²) in [6.45, 7) is 13.2. The van der Waals surface area contributed by atoms with Crippen LogP contribution < -0.4 is 4.90 Å². The van der Waals surface area contributed by atoms with E-state index < -0.39 is 40.1 Å². The van der Waals surface area contributed by atoms with E-state index in [4.69, 9.17) is 0 Å². The number of fused-ring (bicyclic) bond motifs is 1. The predicted molar refractivity (Wildman–Crippen MR) is 179 cm³/mol. The van der Waals surface area contributed by atoms with Crippen LogP contribution in [0, 0.1) is 6.92 Å². The number of rotatable bonds is 7. The summed E-state index contributed by atoms with van der Waals surface area (Å²) < 4.78 is 82.0.